The zero-order valence-corrected chi connectivity index (χ0v) is 10.2. The van der Waals surface area contributed by atoms with Crippen LogP contribution in [0.3, 0.4) is 0 Å². The van der Waals surface area contributed by atoms with E-state index in [1.807, 2.05) is 37.1 Å². The first kappa shape index (κ1) is 11.2. The predicted molar refractivity (Wildman–Crippen MR) is 69.0 cm³/mol. The lowest BCUT2D eigenvalue weighted by molar-refractivity contribution is 0.270. The number of thiazole rings is 1. The number of fused-ring (bicyclic) bond motifs is 1. The molecule has 0 saturated carbocycles. The van der Waals surface area contributed by atoms with Crippen molar-refractivity contribution < 1.29 is 5.11 Å². The number of hydrogen-bond donors (Lipinski definition) is 2. The van der Waals surface area contributed by atoms with Crippen LogP contribution in [0.5, 0.6) is 0 Å². The first-order chi connectivity index (χ1) is 7.61. The zero-order chi connectivity index (χ0) is 11.7. The third-order valence-corrected chi connectivity index (χ3v) is 3.74. The molecule has 0 aliphatic heterocycles. The molecule has 2 aromatic rings. The van der Waals surface area contributed by atoms with Crippen LogP contribution in [-0.4, -0.2) is 29.8 Å². The number of aliphatic hydroxyl groups excluding tert-OH is 1. The van der Waals surface area contributed by atoms with Gasteiger partial charge in [-0.2, -0.15) is 0 Å². The summed E-state index contributed by atoms with van der Waals surface area (Å²) in [6.45, 7) is 2.08. The standard InChI is InChI=1S/C11H15N3OS/c1-7(6-15)14(2)11-13-9-4-3-8(12)5-10(9)16-11/h3-5,7,15H,6,12H2,1-2H3. The lowest BCUT2D eigenvalue weighted by atomic mass is 10.3. The molecule has 1 atom stereocenters. The highest BCUT2D eigenvalue weighted by atomic mass is 32.1. The molecular weight excluding hydrogens is 222 g/mol. The molecule has 1 aromatic heterocycles. The van der Waals surface area contributed by atoms with Gasteiger partial charge in [0.1, 0.15) is 0 Å². The lowest BCUT2D eigenvalue weighted by Crippen LogP contribution is -2.31. The molecule has 16 heavy (non-hydrogen) atoms. The molecule has 0 bridgehead atoms. The largest absolute Gasteiger partial charge is 0.399 e. The van der Waals surface area contributed by atoms with Crippen LogP contribution in [-0.2, 0) is 0 Å². The number of nitrogens with zero attached hydrogens (tertiary/aromatic N) is 2. The van der Waals surface area contributed by atoms with Crippen LogP contribution in [0, 0.1) is 0 Å². The summed E-state index contributed by atoms with van der Waals surface area (Å²) in [5.41, 5.74) is 7.42. The second kappa shape index (κ2) is 4.27. The van der Waals surface area contributed by atoms with Gasteiger partial charge >= 0.3 is 0 Å². The minimum atomic E-state index is 0.0675. The van der Waals surface area contributed by atoms with Crippen molar-refractivity contribution >= 4 is 32.4 Å². The van der Waals surface area contributed by atoms with E-state index in [9.17, 15) is 0 Å². The Morgan fingerprint density at radius 2 is 2.31 bits per heavy atom. The van der Waals surface area contributed by atoms with E-state index in [0.717, 1.165) is 21.0 Å². The highest BCUT2D eigenvalue weighted by Crippen LogP contribution is 2.30. The SMILES string of the molecule is CC(CO)N(C)c1nc2ccc(N)cc2s1. The molecule has 1 heterocycles. The molecule has 3 N–H and O–H groups in total. The van der Waals surface area contributed by atoms with Crippen molar-refractivity contribution in [2.45, 2.75) is 13.0 Å². The summed E-state index contributed by atoms with van der Waals surface area (Å²) in [6.07, 6.45) is 0. The Bertz CT molecular complexity index is 497. The average molecular weight is 237 g/mol. The van der Waals surface area contributed by atoms with Crippen molar-refractivity contribution in [3.63, 3.8) is 0 Å². The van der Waals surface area contributed by atoms with Crippen LogP contribution in [0.1, 0.15) is 6.92 Å². The number of nitrogen functional groups attached to an aromatic ring is 1. The minimum absolute atomic E-state index is 0.0675. The highest BCUT2D eigenvalue weighted by molar-refractivity contribution is 7.22. The molecule has 2 rings (SSSR count). The molecule has 0 saturated heterocycles. The molecule has 0 aliphatic carbocycles. The molecule has 86 valence electrons. The van der Waals surface area contributed by atoms with Gasteiger partial charge in [0.25, 0.3) is 0 Å². The summed E-state index contributed by atoms with van der Waals surface area (Å²) < 4.78 is 1.08. The van der Waals surface area contributed by atoms with E-state index in [1.54, 1.807) is 11.3 Å². The Kier molecular flexibility index (Phi) is 2.98. The maximum atomic E-state index is 9.10. The van der Waals surface area contributed by atoms with E-state index in [2.05, 4.69) is 4.98 Å². The third kappa shape index (κ3) is 1.96. The fraction of sp³-hybridized carbons (Fsp3) is 0.364. The number of likely N-dealkylation sites (N-methyl/N-ethyl adjacent to an activating group) is 1. The first-order valence-electron chi connectivity index (χ1n) is 5.11. The average Bonchev–Trinajstić information content (AvgIpc) is 2.69. The summed E-state index contributed by atoms with van der Waals surface area (Å²) in [4.78, 5) is 6.47. The van der Waals surface area contributed by atoms with Gasteiger partial charge in [-0.25, -0.2) is 4.98 Å². The van der Waals surface area contributed by atoms with E-state index in [4.69, 9.17) is 10.8 Å². The predicted octanol–water partition coefficient (Wildman–Crippen LogP) is 1.70. The molecule has 4 nitrogen and oxygen atoms in total. The van der Waals surface area contributed by atoms with Gasteiger partial charge in [-0.05, 0) is 25.1 Å². The molecule has 0 spiro atoms. The van der Waals surface area contributed by atoms with Crippen LogP contribution < -0.4 is 10.6 Å². The number of aromatic nitrogens is 1. The van der Waals surface area contributed by atoms with E-state index in [0.29, 0.717) is 0 Å². The van der Waals surface area contributed by atoms with Crippen molar-refractivity contribution in [3.8, 4) is 0 Å². The molecule has 0 aliphatic rings. The van der Waals surface area contributed by atoms with Gasteiger partial charge in [0.05, 0.1) is 22.9 Å². The first-order valence-corrected chi connectivity index (χ1v) is 5.93. The summed E-state index contributed by atoms with van der Waals surface area (Å²) >= 11 is 1.59. The summed E-state index contributed by atoms with van der Waals surface area (Å²) in [7, 11) is 1.93. The normalized spacial score (nSPS) is 12.9. The topological polar surface area (TPSA) is 62.4 Å². The minimum Gasteiger partial charge on any atom is -0.399 e. The van der Waals surface area contributed by atoms with Gasteiger partial charge in [0, 0.05) is 12.7 Å². The Balaban J connectivity index is 2.39. The quantitative estimate of drug-likeness (QED) is 0.798. The van der Waals surface area contributed by atoms with Crippen LogP contribution >= 0.6 is 11.3 Å². The Morgan fingerprint density at radius 3 is 3.00 bits per heavy atom. The van der Waals surface area contributed by atoms with Gasteiger partial charge in [-0.15, -0.1) is 0 Å². The van der Waals surface area contributed by atoms with Crippen LogP contribution in [0.15, 0.2) is 18.2 Å². The van der Waals surface area contributed by atoms with Gasteiger partial charge in [-0.1, -0.05) is 11.3 Å². The van der Waals surface area contributed by atoms with E-state index < -0.39 is 0 Å². The van der Waals surface area contributed by atoms with Crippen LogP contribution in [0.25, 0.3) is 10.2 Å². The number of benzene rings is 1. The summed E-state index contributed by atoms with van der Waals surface area (Å²) in [6, 6.07) is 5.76. The van der Waals surface area contributed by atoms with Crippen LogP contribution in [0.2, 0.25) is 0 Å². The van der Waals surface area contributed by atoms with Crippen molar-refractivity contribution in [1.29, 1.82) is 0 Å². The van der Waals surface area contributed by atoms with Gasteiger partial charge < -0.3 is 15.7 Å². The molecule has 0 amide bonds. The zero-order valence-electron chi connectivity index (χ0n) is 9.34. The molecular formula is C11H15N3OS. The highest BCUT2D eigenvalue weighted by Gasteiger charge is 2.13. The maximum Gasteiger partial charge on any atom is 0.186 e. The fourth-order valence-corrected chi connectivity index (χ4v) is 2.47. The maximum absolute atomic E-state index is 9.10. The number of anilines is 2. The van der Waals surface area contributed by atoms with E-state index in [-0.39, 0.29) is 12.6 Å². The van der Waals surface area contributed by atoms with Crippen molar-refractivity contribution in [2.75, 3.05) is 24.3 Å². The third-order valence-electron chi connectivity index (χ3n) is 2.63. The Morgan fingerprint density at radius 1 is 1.56 bits per heavy atom. The van der Waals surface area contributed by atoms with Gasteiger partial charge in [0.15, 0.2) is 5.13 Å². The summed E-state index contributed by atoms with van der Waals surface area (Å²) in [5, 5.41) is 10.0. The number of rotatable bonds is 3. The molecule has 0 fully saturated rings. The molecule has 1 aromatic carbocycles. The lowest BCUT2D eigenvalue weighted by Gasteiger charge is -2.21. The van der Waals surface area contributed by atoms with Crippen LogP contribution in [0.4, 0.5) is 10.8 Å². The molecule has 0 radical (unpaired) electrons. The number of nitrogens with two attached hydrogens (primary N) is 1. The van der Waals surface area contributed by atoms with Crippen molar-refractivity contribution in [3.05, 3.63) is 18.2 Å². The Hall–Kier alpha value is -1.33. The fourth-order valence-electron chi connectivity index (χ4n) is 1.39. The number of aliphatic hydroxyl groups is 1. The van der Waals surface area contributed by atoms with E-state index in [1.165, 1.54) is 0 Å². The molecule has 1 unspecified atom stereocenters. The smallest absolute Gasteiger partial charge is 0.186 e. The Labute approximate surface area is 98.3 Å². The van der Waals surface area contributed by atoms with Crippen molar-refractivity contribution in [1.82, 2.24) is 4.98 Å². The second-order valence-electron chi connectivity index (χ2n) is 3.87. The number of hydrogen-bond acceptors (Lipinski definition) is 5. The van der Waals surface area contributed by atoms with E-state index >= 15 is 0 Å². The van der Waals surface area contributed by atoms with Gasteiger partial charge in [0.2, 0.25) is 0 Å². The van der Waals surface area contributed by atoms with Gasteiger partial charge in [-0.3, -0.25) is 0 Å². The second-order valence-corrected chi connectivity index (χ2v) is 4.88. The summed E-state index contributed by atoms with van der Waals surface area (Å²) in [5.74, 6) is 0. The van der Waals surface area contributed by atoms with Crippen molar-refractivity contribution in [2.24, 2.45) is 0 Å². The molecule has 5 heteroatoms. The monoisotopic (exact) mass is 237 g/mol.